The lowest BCUT2D eigenvalue weighted by Gasteiger charge is -2.38. The van der Waals surface area contributed by atoms with Gasteiger partial charge in [-0.2, -0.15) is 0 Å². The number of fused-ring (bicyclic) bond motifs is 6. The molecule has 182 valence electrons. The van der Waals surface area contributed by atoms with Crippen LogP contribution in [0, 0.1) is 0 Å². The molecule has 0 fully saturated rings. The zero-order valence-corrected chi connectivity index (χ0v) is 21.7. The average Bonchev–Trinajstić information content (AvgIpc) is 3.25. The van der Waals surface area contributed by atoms with Crippen molar-refractivity contribution < 1.29 is 0 Å². The Hall–Kier alpha value is -4.34. The number of nitrogens with one attached hydrogen (secondary N) is 1. The maximum Gasteiger partial charge on any atom is 0.124 e. The summed E-state index contributed by atoms with van der Waals surface area (Å²) in [7, 11) is 0. The SMILES string of the molecule is C1=CCCC(C2=CC(N3c4ccccc4C=Cc4cc5c(cc43)sc3ccccc35)Nc3ccccc32)=C1. The molecule has 4 aromatic carbocycles. The molecule has 1 atom stereocenters. The largest absolute Gasteiger partial charge is 0.361 e. The van der Waals surface area contributed by atoms with E-state index in [1.54, 1.807) is 0 Å². The van der Waals surface area contributed by atoms with E-state index in [1.165, 1.54) is 65.1 Å². The number of allylic oxidation sites excluding steroid dienone is 5. The second kappa shape index (κ2) is 8.61. The van der Waals surface area contributed by atoms with E-state index in [4.69, 9.17) is 0 Å². The molecule has 0 saturated heterocycles. The van der Waals surface area contributed by atoms with Gasteiger partial charge in [-0.15, -0.1) is 11.3 Å². The smallest absolute Gasteiger partial charge is 0.124 e. The summed E-state index contributed by atoms with van der Waals surface area (Å²) in [6, 6.07) is 31.0. The quantitative estimate of drug-likeness (QED) is 0.256. The Morgan fingerprint density at radius 3 is 2.55 bits per heavy atom. The minimum atomic E-state index is -0.0293. The van der Waals surface area contributed by atoms with Gasteiger partial charge in [0.1, 0.15) is 6.17 Å². The highest BCUT2D eigenvalue weighted by Gasteiger charge is 2.30. The number of nitrogens with zero attached hydrogens (tertiary/aromatic N) is 1. The molecule has 1 N–H and O–H groups in total. The number of hydrogen-bond donors (Lipinski definition) is 1. The molecule has 0 radical (unpaired) electrons. The molecule has 0 amide bonds. The standard InChI is InChI=1S/C35H26N2S/c1-2-10-23(11-3-1)28-21-35(36-30-15-7-5-13-26(28)30)37-31-16-8-4-12-24(31)18-19-25-20-29-27-14-6-9-17-33(27)38-34(29)22-32(25)37/h1-2,4-10,12-22,35-36H,3,11H2. The van der Waals surface area contributed by atoms with Gasteiger partial charge < -0.3 is 10.2 Å². The topological polar surface area (TPSA) is 15.3 Å². The lowest BCUT2D eigenvalue weighted by molar-refractivity contribution is 0.868. The third-order valence-corrected chi connectivity index (χ3v) is 9.04. The first-order valence-corrected chi connectivity index (χ1v) is 14.1. The zero-order chi connectivity index (χ0) is 25.1. The Bertz CT molecular complexity index is 1870. The van der Waals surface area contributed by atoms with Crippen LogP contribution in [0.15, 0.2) is 115 Å². The van der Waals surface area contributed by atoms with Crippen LogP contribution in [0.25, 0.3) is 37.9 Å². The molecule has 38 heavy (non-hydrogen) atoms. The van der Waals surface area contributed by atoms with Crippen molar-refractivity contribution in [2.24, 2.45) is 0 Å². The van der Waals surface area contributed by atoms with Gasteiger partial charge in [-0.1, -0.05) is 85.0 Å². The Morgan fingerprint density at radius 2 is 1.61 bits per heavy atom. The van der Waals surface area contributed by atoms with E-state index in [1.807, 2.05) is 11.3 Å². The zero-order valence-electron chi connectivity index (χ0n) is 20.9. The van der Waals surface area contributed by atoms with Crippen LogP contribution in [0.5, 0.6) is 0 Å². The first-order valence-electron chi connectivity index (χ1n) is 13.3. The molecule has 0 saturated carbocycles. The number of benzene rings is 4. The molecule has 3 heterocycles. The van der Waals surface area contributed by atoms with Gasteiger partial charge in [-0.25, -0.2) is 0 Å². The summed E-state index contributed by atoms with van der Waals surface area (Å²) in [6.07, 6.45) is 15.9. The third kappa shape index (κ3) is 3.39. The summed E-state index contributed by atoms with van der Waals surface area (Å²) < 4.78 is 2.66. The van der Waals surface area contributed by atoms with Crippen molar-refractivity contribution in [2.75, 3.05) is 10.2 Å². The van der Waals surface area contributed by atoms with Crippen LogP contribution in [0.3, 0.4) is 0 Å². The van der Waals surface area contributed by atoms with Gasteiger partial charge in [0.25, 0.3) is 0 Å². The van der Waals surface area contributed by atoms with E-state index in [-0.39, 0.29) is 6.17 Å². The summed E-state index contributed by atoms with van der Waals surface area (Å²) in [5.41, 5.74) is 10.1. The highest BCUT2D eigenvalue weighted by molar-refractivity contribution is 7.25. The normalized spacial score (nSPS) is 17.8. The highest BCUT2D eigenvalue weighted by Crippen LogP contribution is 2.46. The number of thiophene rings is 1. The van der Waals surface area contributed by atoms with Crippen molar-refractivity contribution >= 4 is 66.3 Å². The van der Waals surface area contributed by atoms with Crippen LogP contribution in [-0.4, -0.2) is 6.17 Å². The molecule has 2 nitrogen and oxygen atoms in total. The van der Waals surface area contributed by atoms with Crippen molar-refractivity contribution in [3.63, 3.8) is 0 Å². The first-order chi connectivity index (χ1) is 18.8. The molecule has 1 aliphatic carbocycles. The van der Waals surface area contributed by atoms with Gasteiger partial charge >= 0.3 is 0 Å². The molecule has 1 aromatic heterocycles. The number of rotatable bonds is 2. The molecule has 1 unspecified atom stereocenters. The summed E-state index contributed by atoms with van der Waals surface area (Å²) in [6.45, 7) is 0. The molecule has 5 aromatic rings. The van der Waals surface area contributed by atoms with E-state index in [0.717, 1.165) is 12.8 Å². The predicted molar refractivity (Wildman–Crippen MR) is 165 cm³/mol. The van der Waals surface area contributed by atoms with Crippen molar-refractivity contribution in [1.29, 1.82) is 0 Å². The van der Waals surface area contributed by atoms with E-state index in [2.05, 4.69) is 132 Å². The average molecular weight is 507 g/mol. The van der Waals surface area contributed by atoms with Crippen LogP contribution in [-0.2, 0) is 0 Å². The minimum absolute atomic E-state index is 0.0293. The first kappa shape index (κ1) is 21.7. The molecular formula is C35H26N2S. The molecule has 3 aliphatic rings. The molecule has 0 bridgehead atoms. The summed E-state index contributed by atoms with van der Waals surface area (Å²) in [5.74, 6) is 0. The maximum absolute atomic E-state index is 3.90. The van der Waals surface area contributed by atoms with Gasteiger partial charge in [-0.3, -0.25) is 0 Å². The summed E-state index contributed by atoms with van der Waals surface area (Å²) in [4.78, 5) is 2.50. The fourth-order valence-corrected chi connectivity index (χ4v) is 7.24. The van der Waals surface area contributed by atoms with Gasteiger partial charge in [-0.05, 0) is 71.5 Å². The van der Waals surface area contributed by atoms with Crippen LogP contribution < -0.4 is 10.2 Å². The van der Waals surface area contributed by atoms with Crippen LogP contribution >= 0.6 is 11.3 Å². The third-order valence-electron chi connectivity index (χ3n) is 7.91. The molecular weight excluding hydrogens is 480 g/mol. The molecule has 3 heteroatoms. The maximum atomic E-state index is 3.90. The van der Waals surface area contributed by atoms with Crippen molar-refractivity contribution in [3.8, 4) is 0 Å². The van der Waals surface area contributed by atoms with Gasteiger partial charge in [0.2, 0.25) is 0 Å². The second-order valence-corrected chi connectivity index (χ2v) is 11.2. The molecule has 0 spiro atoms. The van der Waals surface area contributed by atoms with Crippen LogP contribution in [0.2, 0.25) is 0 Å². The molecule has 8 rings (SSSR count). The minimum Gasteiger partial charge on any atom is -0.361 e. The van der Waals surface area contributed by atoms with Crippen molar-refractivity contribution in [1.82, 2.24) is 0 Å². The van der Waals surface area contributed by atoms with Gasteiger partial charge in [0.15, 0.2) is 0 Å². The number of para-hydroxylation sites is 2. The number of anilines is 3. The van der Waals surface area contributed by atoms with E-state index in [0.29, 0.717) is 0 Å². The van der Waals surface area contributed by atoms with Crippen molar-refractivity contribution in [2.45, 2.75) is 19.0 Å². The fraction of sp³-hybridized carbons (Fsp3) is 0.0857. The van der Waals surface area contributed by atoms with Crippen LogP contribution in [0.4, 0.5) is 17.1 Å². The molecule has 2 aliphatic heterocycles. The Kier molecular flexibility index (Phi) is 4.92. The predicted octanol–water partition coefficient (Wildman–Crippen LogP) is 9.79. The second-order valence-electron chi connectivity index (χ2n) is 10.1. The highest BCUT2D eigenvalue weighted by atomic mass is 32.1. The Balaban J connectivity index is 1.37. The van der Waals surface area contributed by atoms with Gasteiger partial charge in [0.05, 0.1) is 11.4 Å². The monoisotopic (exact) mass is 506 g/mol. The Labute approximate surface area is 226 Å². The fourth-order valence-electron chi connectivity index (χ4n) is 6.11. The van der Waals surface area contributed by atoms with Crippen molar-refractivity contribution in [3.05, 3.63) is 131 Å². The lowest BCUT2D eigenvalue weighted by atomic mass is 9.88. The van der Waals surface area contributed by atoms with Crippen LogP contribution in [0.1, 0.15) is 29.5 Å². The van der Waals surface area contributed by atoms with E-state index >= 15 is 0 Å². The van der Waals surface area contributed by atoms with E-state index in [9.17, 15) is 0 Å². The summed E-state index contributed by atoms with van der Waals surface area (Å²) in [5, 5.41) is 6.57. The van der Waals surface area contributed by atoms with E-state index < -0.39 is 0 Å². The Morgan fingerprint density at radius 1 is 0.763 bits per heavy atom. The van der Waals surface area contributed by atoms with Gasteiger partial charge in [0, 0.05) is 31.4 Å². The lowest BCUT2D eigenvalue weighted by Crippen LogP contribution is -2.39. The summed E-state index contributed by atoms with van der Waals surface area (Å²) >= 11 is 1.88. The number of hydrogen-bond acceptors (Lipinski definition) is 3.